The molecule has 0 amide bonds. The van der Waals surface area contributed by atoms with E-state index >= 15 is 0 Å². The standard InChI is InChI=1S/C63H78BrN3/c1-59(2,3)44-18-27-49(28-19-44)65(50-29-20-45(21-30-50)60(4,5)6)53-39-54(66(51-31-22-46(23-32-51)61(7,8)9)52-33-24-47(25-34-52)62(10,11)12)41-55(40-53)67(58-37-42-16-17-43(58)36-42)57-35-26-48(38-56(57)64)63(13,14)15/h18-35,38-43,58H,16-17,36-37H2,1-15H3. The highest BCUT2D eigenvalue weighted by Crippen LogP contribution is 2.53. The van der Waals surface area contributed by atoms with Crippen molar-refractivity contribution in [2.45, 2.75) is 163 Å². The average Bonchev–Trinajstić information content (AvgIpc) is 3.88. The van der Waals surface area contributed by atoms with Gasteiger partial charge in [0.05, 0.1) is 17.1 Å². The number of nitrogens with zero attached hydrogens (tertiary/aromatic N) is 3. The van der Waals surface area contributed by atoms with Crippen LogP contribution < -0.4 is 14.7 Å². The van der Waals surface area contributed by atoms with Crippen molar-refractivity contribution >= 4 is 61.4 Å². The first-order valence-electron chi connectivity index (χ1n) is 25.0. The minimum absolute atomic E-state index is 0.0303. The molecule has 3 unspecified atom stereocenters. The Morgan fingerprint density at radius 3 is 0.970 bits per heavy atom. The largest absolute Gasteiger partial charge is 0.337 e. The first kappa shape index (κ1) is 48.6. The Morgan fingerprint density at radius 1 is 0.358 bits per heavy atom. The van der Waals surface area contributed by atoms with E-state index in [1.165, 1.54) is 64.9 Å². The summed E-state index contributed by atoms with van der Waals surface area (Å²) in [6.45, 7) is 34.5. The van der Waals surface area contributed by atoms with Crippen molar-refractivity contribution in [1.29, 1.82) is 0 Å². The maximum Gasteiger partial charge on any atom is 0.0558 e. The number of rotatable bonds is 9. The predicted molar refractivity (Wildman–Crippen MR) is 295 cm³/mol. The summed E-state index contributed by atoms with van der Waals surface area (Å²) in [5.74, 6) is 1.41. The van der Waals surface area contributed by atoms with Gasteiger partial charge < -0.3 is 14.7 Å². The van der Waals surface area contributed by atoms with Crippen LogP contribution in [-0.2, 0) is 27.1 Å². The van der Waals surface area contributed by atoms with Crippen LogP contribution in [0.5, 0.6) is 0 Å². The summed E-state index contributed by atoms with van der Waals surface area (Å²) in [4.78, 5) is 7.72. The molecule has 0 spiro atoms. The number of anilines is 8. The lowest BCUT2D eigenvalue weighted by Crippen LogP contribution is -2.36. The molecule has 3 nitrogen and oxygen atoms in total. The molecule has 2 aliphatic rings. The van der Waals surface area contributed by atoms with Crippen LogP contribution in [0.25, 0.3) is 0 Å². The van der Waals surface area contributed by atoms with Gasteiger partial charge in [0, 0.05) is 39.0 Å². The lowest BCUT2D eigenvalue weighted by atomic mass is 9.86. The van der Waals surface area contributed by atoms with E-state index in [2.05, 4.69) is 268 Å². The molecule has 0 heterocycles. The Balaban J connectivity index is 1.43. The molecule has 6 aromatic rings. The second kappa shape index (κ2) is 17.9. The van der Waals surface area contributed by atoms with E-state index in [4.69, 9.17) is 0 Å². The Hall–Kier alpha value is -4.80. The first-order chi connectivity index (χ1) is 31.3. The highest BCUT2D eigenvalue weighted by molar-refractivity contribution is 9.10. The number of halogens is 1. The predicted octanol–water partition coefficient (Wildman–Crippen LogP) is 19.2. The quantitative estimate of drug-likeness (QED) is 0.143. The molecule has 0 saturated heterocycles. The maximum absolute atomic E-state index is 4.21. The number of benzene rings is 6. The van der Waals surface area contributed by atoms with E-state index < -0.39 is 0 Å². The monoisotopic (exact) mass is 956 g/mol. The summed E-state index contributed by atoms with van der Waals surface area (Å²) in [7, 11) is 0. The van der Waals surface area contributed by atoms with Gasteiger partial charge in [0.2, 0.25) is 0 Å². The minimum Gasteiger partial charge on any atom is -0.337 e. The topological polar surface area (TPSA) is 9.72 Å². The lowest BCUT2D eigenvalue weighted by molar-refractivity contribution is 0.413. The zero-order chi connectivity index (χ0) is 48.4. The first-order valence-corrected chi connectivity index (χ1v) is 25.8. The zero-order valence-electron chi connectivity index (χ0n) is 43.5. The number of fused-ring (bicyclic) bond motifs is 2. The fourth-order valence-corrected chi connectivity index (χ4v) is 11.1. The molecule has 6 aromatic carbocycles. The van der Waals surface area contributed by atoms with Crippen LogP contribution in [0.4, 0.5) is 45.5 Å². The van der Waals surface area contributed by atoms with Crippen molar-refractivity contribution in [3.63, 3.8) is 0 Å². The van der Waals surface area contributed by atoms with Crippen molar-refractivity contribution in [2.24, 2.45) is 11.8 Å². The van der Waals surface area contributed by atoms with Crippen molar-refractivity contribution in [1.82, 2.24) is 0 Å². The molecule has 2 bridgehead atoms. The van der Waals surface area contributed by atoms with Crippen molar-refractivity contribution in [3.05, 3.63) is 166 Å². The summed E-state index contributed by atoms with van der Waals surface area (Å²) in [5, 5.41) is 0. The van der Waals surface area contributed by atoms with Crippen LogP contribution >= 0.6 is 15.9 Å². The average molecular weight is 957 g/mol. The fraction of sp³-hybridized carbons (Fsp3) is 0.429. The zero-order valence-corrected chi connectivity index (χ0v) is 45.1. The van der Waals surface area contributed by atoms with Gasteiger partial charge in [0.1, 0.15) is 0 Å². The van der Waals surface area contributed by atoms with Crippen LogP contribution in [0.3, 0.4) is 0 Å². The molecule has 0 N–H and O–H groups in total. The van der Waals surface area contributed by atoms with E-state index in [0.29, 0.717) is 12.0 Å². The van der Waals surface area contributed by atoms with E-state index in [1.54, 1.807) is 0 Å². The highest BCUT2D eigenvalue weighted by Gasteiger charge is 2.44. The number of hydrogen-bond acceptors (Lipinski definition) is 3. The Bertz CT molecular complexity index is 2410. The molecule has 2 saturated carbocycles. The van der Waals surface area contributed by atoms with Crippen LogP contribution in [0.2, 0.25) is 0 Å². The van der Waals surface area contributed by atoms with Crippen LogP contribution in [0.1, 0.15) is 157 Å². The van der Waals surface area contributed by atoms with Gasteiger partial charge in [-0.05, 0) is 181 Å². The van der Waals surface area contributed by atoms with Gasteiger partial charge in [-0.3, -0.25) is 0 Å². The normalized spacial score (nSPS) is 17.8. The molecule has 4 heteroatoms. The molecular weight excluding hydrogens is 879 g/mol. The molecule has 0 aromatic heterocycles. The fourth-order valence-electron chi connectivity index (χ4n) is 10.5. The molecule has 0 aliphatic heterocycles. The molecular formula is C63H78BrN3. The van der Waals surface area contributed by atoms with Crippen LogP contribution in [-0.4, -0.2) is 6.04 Å². The molecule has 352 valence electrons. The van der Waals surface area contributed by atoms with Crippen molar-refractivity contribution in [2.75, 3.05) is 14.7 Å². The van der Waals surface area contributed by atoms with Gasteiger partial charge in [-0.1, -0.05) is 165 Å². The second-order valence-electron chi connectivity index (χ2n) is 25.1. The summed E-state index contributed by atoms with van der Waals surface area (Å²) < 4.78 is 1.15. The Morgan fingerprint density at radius 2 is 0.687 bits per heavy atom. The molecule has 8 rings (SSSR count). The molecule has 67 heavy (non-hydrogen) atoms. The third-order valence-corrected chi connectivity index (χ3v) is 15.4. The van der Waals surface area contributed by atoms with E-state index in [1.807, 2.05) is 0 Å². The molecule has 0 radical (unpaired) electrons. The highest BCUT2D eigenvalue weighted by atomic mass is 79.9. The third-order valence-electron chi connectivity index (χ3n) is 14.8. The Kier molecular flexibility index (Phi) is 13.0. The van der Waals surface area contributed by atoms with Crippen molar-refractivity contribution < 1.29 is 0 Å². The van der Waals surface area contributed by atoms with Crippen molar-refractivity contribution in [3.8, 4) is 0 Å². The summed E-state index contributed by atoms with van der Waals surface area (Å²) in [6.07, 6.45) is 5.14. The molecule has 3 atom stereocenters. The van der Waals surface area contributed by atoms with Gasteiger partial charge in [0.25, 0.3) is 0 Å². The molecule has 2 fully saturated rings. The van der Waals surface area contributed by atoms with Gasteiger partial charge in [-0.2, -0.15) is 0 Å². The minimum atomic E-state index is 0.0303. The maximum atomic E-state index is 4.21. The summed E-state index contributed by atoms with van der Waals surface area (Å²) >= 11 is 4.21. The third kappa shape index (κ3) is 10.5. The van der Waals surface area contributed by atoms with E-state index in [9.17, 15) is 0 Å². The van der Waals surface area contributed by atoms with Gasteiger partial charge in [0.15, 0.2) is 0 Å². The van der Waals surface area contributed by atoms with Gasteiger partial charge in [-0.25, -0.2) is 0 Å². The van der Waals surface area contributed by atoms with Gasteiger partial charge in [-0.15, -0.1) is 0 Å². The summed E-state index contributed by atoms with van der Waals surface area (Å²) in [5.41, 5.74) is 16.0. The smallest absolute Gasteiger partial charge is 0.0558 e. The SMILES string of the molecule is CC(C)(C)c1ccc(N(c2ccc(C(C)(C)C)cc2)c2cc(N(c3ccc(C(C)(C)C)cc3)c3ccc(C(C)(C)C)cc3)cc(N(c3ccc(C(C)(C)C)cc3Br)C3CC4CCC3C4)c2)cc1. The van der Waals surface area contributed by atoms with Crippen LogP contribution in [0, 0.1) is 11.8 Å². The Labute approximate surface area is 414 Å². The lowest BCUT2D eigenvalue weighted by Gasteiger charge is -2.39. The molecule has 2 aliphatic carbocycles. The van der Waals surface area contributed by atoms with E-state index in [0.717, 1.165) is 44.5 Å². The van der Waals surface area contributed by atoms with E-state index in [-0.39, 0.29) is 27.1 Å². The number of hydrogen-bond donors (Lipinski definition) is 0. The van der Waals surface area contributed by atoms with Crippen LogP contribution in [0.15, 0.2) is 138 Å². The van der Waals surface area contributed by atoms with Gasteiger partial charge >= 0.3 is 0 Å². The second-order valence-corrected chi connectivity index (χ2v) is 25.9. The summed E-state index contributed by atoms with van der Waals surface area (Å²) in [6, 6.07) is 52.1.